The van der Waals surface area contributed by atoms with Gasteiger partial charge in [0.1, 0.15) is 10.8 Å². The van der Waals surface area contributed by atoms with Crippen LogP contribution in [0.4, 0.5) is 5.69 Å². The van der Waals surface area contributed by atoms with Crippen LogP contribution in [0.15, 0.2) is 41.6 Å². The number of amides is 1. The van der Waals surface area contributed by atoms with Gasteiger partial charge in [0.2, 0.25) is 10.0 Å². The van der Waals surface area contributed by atoms with Crippen LogP contribution in [-0.4, -0.2) is 31.3 Å². The van der Waals surface area contributed by atoms with E-state index in [9.17, 15) is 13.2 Å². The van der Waals surface area contributed by atoms with Gasteiger partial charge in [-0.05, 0) is 31.3 Å². The molecule has 0 saturated carbocycles. The third-order valence-electron chi connectivity index (χ3n) is 2.54. The SMILES string of the molecule is CNS(=O)(=O)c1ccc(NC(=O)c2cnc(Cl)cn2)cc1. The first-order chi connectivity index (χ1) is 9.92. The van der Waals surface area contributed by atoms with E-state index < -0.39 is 15.9 Å². The van der Waals surface area contributed by atoms with Crippen molar-refractivity contribution in [3.63, 3.8) is 0 Å². The molecule has 1 amide bonds. The van der Waals surface area contributed by atoms with Crippen LogP contribution >= 0.6 is 11.6 Å². The monoisotopic (exact) mass is 326 g/mol. The minimum absolute atomic E-state index is 0.103. The molecule has 2 rings (SSSR count). The highest BCUT2D eigenvalue weighted by Gasteiger charge is 2.12. The Labute approximate surface area is 126 Å². The van der Waals surface area contributed by atoms with Crippen LogP contribution in [0.1, 0.15) is 10.5 Å². The maximum absolute atomic E-state index is 11.9. The number of hydrogen-bond donors (Lipinski definition) is 2. The molecule has 0 unspecified atom stereocenters. The summed E-state index contributed by atoms with van der Waals surface area (Å²) in [5, 5.41) is 2.76. The van der Waals surface area contributed by atoms with Crippen LogP contribution in [0.25, 0.3) is 0 Å². The predicted molar refractivity (Wildman–Crippen MR) is 77.7 cm³/mol. The van der Waals surface area contributed by atoms with Crippen molar-refractivity contribution in [2.45, 2.75) is 4.90 Å². The quantitative estimate of drug-likeness (QED) is 0.881. The van der Waals surface area contributed by atoms with Gasteiger partial charge in [-0.1, -0.05) is 11.6 Å². The lowest BCUT2D eigenvalue weighted by atomic mass is 10.3. The summed E-state index contributed by atoms with van der Waals surface area (Å²) >= 11 is 5.58. The number of halogens is 1. The number of aromatic nitrogens is 2. The fourth-order valence-electron chi connectivity index (χ4n) is 1.46. The highest BCUT2D eigenvalue weighted by molar-refractivity contribution is 7.89. The first-order valence-electron chi connectivity index (χ1n) is 5.75. The van der Waals surface area contributed by atoms with E-state index in [2.05, 4.69) is 20.0 Å². The molecule has 9 heteroatoms. The van der Waals surface area contributed by atoms with E-state index in [1.165, 1.54) is 43.7 Å². The summed E-state index contributed by atoms with van der Waals surface area (Å²) in [6, 6.07) is 5.72. The van der Waals surface area contributed by atoms with Gasteiger partial charge in [-0.3, -0.25) is 4.79 Å². The molecule has 7 nitrogen and oxygen atoms in total. The number of carbonyl (C=O) groups is 1. The summed E-state index contributed by atoms with van der Waals surface area (Å²) in [4.78, 5) is 19.6. The van der Waals surface area contributed by atoms with Gasteiger partial charge in [-0.2, -0.15) is 0 Å². The summed E-state index contributed by atoms with van der Waals surface area (Å²) in [5.41, 5.74) is 0.540. The molecule has 0 bridgehead atoms. The minimum atomic E-state index is -3.50. The van der Waals surface area contributed by atoms with E-state index in [-0.39, 0.29) is 15.7 Å². The van der Waals surface area contributed by atoms with Crippen molar-refractivity contribution in [2.75, 3.05) is 12.4 Å². The maximum Gasteiger partial charge on any atom is 0.275 e. The highest BCUT2D eigenvalue weighted by atomic mass is 35.5. The number of nitrogens with one attached hydrogen (secondary N) is 2. The molecule has 2 aromatic rings. The van der Waals surface area contributed by atoms with Crippen molar-refractivity contribution in [1.82, 2.24) is 14.7 Å². The lowest BCUT2D eigenvalue weighted by Crippen LogP contribution is -2.18. The number of rotatable bonds is 4. The summed E-state index contributed by atoms with van der Waals surface area (Å²) in [7, 11) is -2.18. The van der Waals surface area contributed by atoms with Crippen LogP contribution in [0, 0.1) is 0 Å². The standard InChI is InChI=1S/C12H11ClN4O3S/c1-14-21(19,20)9-4-2-8(3-5-9)17-12(18)10-6-16-11(13)7-15-10/h2-7,14H,1H3,(H,17,18). The number of nitrogens with zero attached hydrogens (tertiary/aromatic N) is 2. The van der Waals surface area contributed by atoms with Crippen molar-refractivity contribution in [3.05, 3.63) is 47.5 Å². The van der Waals surface area contributed by atoms with Gasteiger partial charge in [-0.25, -0.2) is 23.1 Å². The van der Waals surface area contributed by atoms with E-state index in [1.54, 1.807) is 0 Å². The molecular formula is C12H11ClN4O3S. The third-order valence-corrected chi connectivity index (χ3v) is 4.17. The van der Waals surface area contributed by atoms with Crippen LogP contribution in [-0.2, 0) is 10.0 Å². The largest absolute Gasteiger partial charge is 0.321 e. The Hall–Kier alpha value is -2.03. The van der Waals surface area contributed by atoms with E-state index in [4.69, 9.17) is 11.6 Å². The Morgan fingerprint density at radius 2 is 1.81 bits per heavy atom. The zero-order valence-corrected chi connectivity index (χ0v) is 12.4. The van der Waals surface area contributed by atoms with Gasteiger partial charge in [0, 0.05) is 5.69 Å². The van der Waals surface area contributed by atoms with Crippen LogP contribution in [0.2, 0.25) is 5.15 Å². The molecule has 21 heavy (non-hydrogen) atoms. The Morgan fingerprint density at radius 1 is 1.14 bits per heavy atom. The predicted octanol–water partition coefficient (Wildman–Crippen LogP) is 1.29. The van der Waals surface area contributed by atoms with E-state index >= 15 is 0 Å². The van der Waals surface area contributed by atoms with Crippen molar-refractivity contribution in [2.24, 2.45) is 0 Å². The molecule has 0 radical (unpaired) electrons. The van der Waals surface area contributed by atoms with Gasteiger partial charge < -0.3 is 5.32 Å². The third kappa shape index (κ3) is 3.75. The second-order valence-corrected chi connectivity index (χ2v) is 6.18. The van der Waals surface area contributed by atoms with Gasteiger partial charge in [0.15, 0.2) is 0 Å². The smallest absolute Gasteiger partial charge is 0.275 e. The van der Waals surface area contributed by atoms with E-state index in [1.807, 2.05) is 0 Å². The molecule has 0 atom stereocenters. The average Bonchev–Trinajstić information content (AvgIpc) is 2.48. The summed E-state index contributed by atoms with van der Waals surface area (Å²) in [6.07, 6.45) is 2.51. The Morgan fingerprint density at radius 3 is 2.33 bits per heavy atom. The van der Waals surface area contributed by atoms with Gasteiger partial charge in [-0.15, -0.1) is 0 Å². The summed E-state index contributed by atoms with van der Waals surface area (Å²) < 4.78 is 25.3. The normalized spacial score (nSPS) is 11.1. The second-order valence-electron chi connectivity index (χ2n) is 3.91. The highest BCUT2D eigenvalue weighted by Crippen LogP contribution is 2.14. The van der Waals surface area contributed by atoms with Crippen molar-refractivity contribution in [3.8, 4) is 0 Å². The summed E-state index contributed by atoms with van der Waals surface area (Å²) in [6.45, 7) is 0. The second kappa shape index (κ2) is 6.17. The van der Waals surface area contributed by atoms with E-state index in [0.717, 1.165) is 0 Å². The maximum atomic E-state index is 11.9. The summed E-state index contributed by atoms with van der Waals surface area (Å²) in [5.74, 6) is -0.469. The first-order valence-corrected chi connectivity index (χ1v) is 7.61. The van der Waals surface area contributed by atoms with Gasteiger partial charge in [0.25, 0.3) is 5.91 Å². The molecule has 0 aliphatic carbocycles. The lowest BCUT2D eigenvalue weighted by molar-refractivity contribution is 0.102. The van der Waals surface area contributed by atoms with E-state index in [0.29, 0.717) is 5.69 Å². The number of anilines is 1. The number of sulfonamides is 1. The lowest BCUT2D eigenvalue weighted by Gasteiger charge is -2.06. The fraction of sp³-hybridized carbons (Fsp3) is 0.0833. The molecule has 0 saturated heterocycles. The van der Waals surface area contributed by atoms with Crippen molar-refractivity contribution in [1.29, 1.82) is 0 Å². The van der Waals surface area contributed by atoms with Crippen LogP contribution in [0.3, 0.4) is 0 Å². The Kier molecular flexibility index (Phi) is 4.51. The van der Waals surface area contributed by atoms with Gasteiger partial charge >= 0.3 is 0 Å². The minimum Gasteiger partial charge on any atom is -0.321 e. The molecule has 0 aliphatic heterocycles. The van der Waals surface area contributed by atoms with Crippen LogP contribution < -0.4 is 10.0 Å². The van der Waals surface area contributed by atoms with Crippen molar-refractivity contribution >= 4 is 33.2 Å². The molecule has 1 aromatic carbocycles. The molecule has 0 aliphatic rings. The first kappa shape index (κ1) is 15.4. The van der Waals surface area contributed by atoms with Gasteiger partial charge in [0.05, 0.1) is 17.3 Å². The topological polar surface area (TPSA) is 101 Å². The number of carbonyl (C=O) groups excluding carboxylic acids is 1. The molecule has 1 heterocycles. The van der Waals surface area contributed by atoms with Crippen molar-refractivity contribution < 1.29 is 13.2 Å². The molecule has 2 N–H and O–H groups in total. The number of benzene rings is 1. The zero-order chi connectivity index (χ0) is 15.5. The molecule has 0 spiro atoms. The Balaban J connectivity index is 2.13. The fourth-order valence-corrected chi connectivity index (χ4v) is 2.29. The zero-order valence-electron chi connectivity index (χ0n) is 10.9. The van der Waals surface area contributed by atoms with Crippen LogP contribution in [0.5, 0.6) is 0 Å². The molecular weight excluding hydrogens is 316 g/mol. The molecule has 110 valence electrons. The average molecular weight is 327 g/mol. The number of hydrogen-bond acceptors (Lipinski definition) is 5. The molecule has 0 fully saturated rings. The molecule has 1 aromatic heterocycles. The Bertz CT molecular complexity index is 745.